The Hall–Kier alpha value is -2.48. The van der Waals surface area contributed by atoms with Crippen LogP contribution in [0.25, 0.3) is 0 Å². The first-order chi connectivity index (χ1) is 9.65. The minimum atomic E-state index is -0.964. The zero-order valence-electron chi connectivity index (χ0n) is 10.4. The highest BCUT2D eigenvalue weighted by atomic mass is 32.1. The number of nitrogens with zero attached hydrogens (tertiary/aromatic N) is 2. The fourth-order valence-electron chi connectivity index (χ4n) is 1.55. The van der Waals surface area contributed by atoms with Gasteiger partial charge < -0.3 is 10.4 Å². The SMILES string of the molecule is O=C(NCCc1cccc(C(=O)O)c1)Nc1nncs1. The van der Waals surface area contributed by atoms with E-state index in [2.05, 4.69) is 20.8 Å². The summed E-state index contributed by atoms with van der Waals surface area (Å²) >= 11 is 1.23. The molecule has 0 aliphatic carbocycles. The standard InChI is InChI=1S/C12H12N4O3S/c17-10(18)9-3-1-2-8(6-9)4-5-13-11(19)15-12-16-14-7-20-12/h1-3,6-7H,4-5H2,(H,17,18)(H2,13,15,16,19). The molecule has 0 saturated heterocycles. The number of anilines is 1. The first-order valence-electron chi connectivity index (χ1n) is 5.78. The van der Waals surface area contributed by atoms with Crippen LogP contribution in [-0.2, 0) is 6.42 Å². The number of carboxylic acid groups (broad SMARTS) is 1. The second kappa shape index (κ2) is 6.62. The van der Waals surface area contributed by atoms with Gasteiger partial charge in [-0.3, -0.25) is 5.32 Å². The van der Waals surface area contributed by atoms with Crippen LogP contribution in [0.15, 0.2) is 29.8 Å². The van der Waals surface area contributed by atoms with Crippen LogP contribution in [0.2, 0.25) is 0 Å². The van der Waals surface area contributed by atoms with Crippen LogP contribution in [0.5, 0.6) is 0 Å². The number of hydrogen-bond acceptors (Lipinski definition) is 5. The number of nitrogens with one attached hydrogen (secondary N) is 2. The molecule has 0 unspecified atom stereocenters. The maximum absolute atomic E-state index is 11.5. The lowest BCUT2D eigenvalue weighted by atomic mass is 10.1. The van der Waals surface area contributed by atoms with Gasteiger partial charge in [0, 0.05) is 6.54 Å². The Morgan fingerprint density at radius 2 is 2.20 bits per heavy atom. The molecule has 0 radical (unpaired) electrons. The molecule has 0 atom stereocenters. The maximum Gasteiger partial charge on any atom is 0.335 e. The summed E-state index contributed by atoms with van der Waals surface area (Å²) in [4.78, 5) is 22.3. The molecular formula is C12H12N4O3S. The molecule has 2 amide bonds. The predicted octanol–water partition coefficient (Wildman–Crippen LogP) is 1.60. The van der Waals surface area contributed by atoms with E-state index < -0.39 is 5.97 Å². The monoisotopic (exact) mass is 292 g/mol. The van der Waals surface area contributed by atoms with Crippen LogP contribution >= 0.6 is 11.3 Å². The summed E-state index contributed by atoms with van der Waals surface area (Å²) in [6, 6.07) is 6.25. The van der Waals surface area contributed by atoms with E-state index in [0.29, 0.717) is 18.1 Å². The fourth-order valence-corrected chi connectivity index (χ4v) is 1.99. The van der Waals surface area contributed by atoms with E-state index in [1.54, 1.807) is 12.1 Å². The van der Waals surface area contributed by atoms with Crippen molar-refractivity contribution in [3.05, 3.63) is 40.9 Å². The van der Waals surface area contributed by atoms with Crippen molar-refractivity contribution >= 4 is 28.5 Å². The van der Waals surface area contributed by atoms with Crippen LogP contribution in [0.1, 0.15) is 15.9 Å². The molecule has 0 aliphatic rings. The van der Waals surface area contributed by atoms with Crippen molar-refractivity contribution in [3.8, 4) is 0 Å². The largest absolute Gasteiger partial charge is 0.478 e. The van der Waals surface area contributed by atoms with Crippen molar-refractivity contribution in [1.82, 2.24) is 15.5 Å². The highest BCUT2D eigenvalue weighted by Crippen LogP contribution is 2.07. The van der Waals surface area contributed by atoms with E-state index in [1.807, 2.05) is 6.07 Å². The molecule has 0 fully saturated rings. The summed E-state index contributed by atoms with van der Waals surface area (Å²) in [7, 11) is 0. The van der Waals surface area contributed by atoms with Crippen molar-refractivity contribution in [2.24, 2.45) is 0 Å². The second-order valence-corrected chi connectivity index (χ2v) is 4.71. The Labute approximate surface area is 118 Å². The van der Waals surface area contributed by atoms with Crippen LogP contribution in [0, 0.1) is 0 Å². The van der Waals surface area contributed by atoms with Crippen LogP contribution in [-0.4, -0.2) is 33.8 Å². The second-order valence-electron chi connectivity index (χ2n) is 3.88. The molecule has 0 saturated carbocycles. The summed E-state index contributed by atoms with van der Waals surface area (Å²) in [6.45, 7) is 0.397. The molecule has 1 aromatic heterocycles. The lowest BCUT2D eigenvalue weighted by Gasteiger charge is -2.05. The Balaban J connectivity index is 1.79. The quantitative estimate of drug-likeness (QED) is 0.776. The Kier molecular flexibility index (Phi) is 4.61. The number of rotatable bonds is 5. The van der Waals surface area contributed by atoms with Gasteiger partial charge in [-0.2, -0.15) is 0 Å². The van der Waals surface area contributed by atoms with Crippen LogP contribution < -0.4 is 10.6 Å². The predicted molar refractivity (Wildman–Crippen MR) is 74.0 cm³/mol. The first kappa shape index (κ1) is 13.9. The molecule has 1 heterocycles. The fraction of sp³-hybridized carbons (Fsp3) is 0.167. The average molecular weight is 292 g/mol. The summed E-state index contributed by atoms with van der Waals surface area (Å²) < 4.78 is 0. The lowest BCUT2D eigenvalue weighted by molar-refractivity contribution is 0.0696. The molecule has 0 bridgehead atoms. The molecule has 7 nitrogen and oxygen atoms in total. The molecule has 0 aliphatic heterocycles. The van der Waals surface area contributed by atoms with Gasteiger partial charge in [0.2, 0.25) is 5.13 Å². The topological polar surface area (TPSA) is 104 Å². The molecular weight excluding hydrogens is 280 g/mol. The maximum atomic E-state index is 11.5. The number of carbonyl (C=O) groups is 2. The van der Waals surface area contributed by atoms with E-state index in [9.17, 15) is 9.59 Å². The summed E-state index contributed by atoms with van der Waals surface area (Å²) in [5.41, 5.74) is 2.61. The van der Waals surface area contributed by atoms with Gasteiger partial charge in [-0.05, 0) is 24.1 Å². The van der Waals surface area contributed by atoms with E-state index in [4.69, 9.17) is 5.11 Å². The third kappa shape index (κ3) is 4.02. The van der Waals surface area contributed by atoms with Gasteiger partial charge in [0.15, 0.2) is 0 Å². The zero-order valence-corrected chi connectivity index (χ0v) is 11.2. The molecule has 104 valence electrons. The van der Waals surface area contributed by atoms with E-state index in [-0.39, 0.29) is 11.6 Å². The minimum absolute atomic E-state index is 0.237. The number of aromatic carboxylic acids is 1. The van der Waals surface area contributed by atoms with Gasteiger partial charge in [0.05, 0.1) is 5.56 Å². The van der Waals surface area contributed by atoms with Gasteiger partial charge in [0.1, 0.15) is 5.51 Å². The summed E-state index contributed by atoms with van der Waals surface area (Å²) in [5.74, 6) is -0.964. The molecule has 20 heavy (non-hydrogen) atoms. The highest BCUT2D eigenvalue weighted by molar-refractivity contribution is 7.13. The smallest absolute Gasteiger partial charge is 0.335 e. The van der Waals surface area contributed by atoms with E-state index in [1.165, 1.54) is 22.9 Å². The van der Waals surface area contributed by atoms with E-state index >= 15 is 0 Å². The number of urea groups is 1. The number of amides is 2. The molecule has 2 rings (SSSR count). The number of hydrogen-bond donors (Lipinski definition) is 3. The summed E-state index contributed by atoms with van der Waals surface area (Å²) in [5, 5.41) is 21.8. The molecule has 0 spiro atoms. The lowest BCUT2D eigenvalue weighted by Crippen LogP contribution is -2.30. The van der Waals surface area contributed by atoms with Gasteiger partial charge in [-0.15, -0.1) is 10.2 Å². The number of carboxylic acids is 1. The summed E-state index contributed by atoms with van der Waals surface area (Å²) in [6.07, 6.45) is 0.546. The normalized spacial score (nSPS) is 10.0. The van der Waals surface area contributed by atoms with Gasteiger partial charge in [-0.25, -0.2) is 9.59 Å². The van der Waals surface area contributed by atoms with Gasteiger partial charge in [-0.1, -0.05) is 23.5 Å². The van der Waals surface area contributed by atoms with Crippen molar-refractivity contribution in [1.29, 1.82) is 0 Å². The molecule has 8 heteroatoms. The Morgan fingerprint density at radius 3 is 2.90 bits per heavy atom. The number of benzene rings is 1. The highest BCUT2D eigenvalue weighted by Gasteiger charge is 2.05. The third-order valence-corrected chi connectivity index (χ3v) is 3.06. The molecule has 3 N–H and O–H groups in total. The third-order valence-electron chi connectivity index (χ3n) is 2.45. The number of carbonyl (C=O) groups excluding carboxylic acids is 1. The van der Waals surface area contributed by atoms with Crippen molar-refractivity contribution in [2.45, 2.75) is 6.42 Å². The van der Waals surface area contributed by atoms with E-state index in [0.717, 1.165) is 5.56 Å². The van der Waals surface area contributed by atoms with Crippen molar-refractivity contribution < 1.29 is 14.7 Å². The van der Waals surface area contributed by atoms with Crippen LogP contribution in [0.4, 0.5) is 9.93 Å². The number of aromatic nitrogens is 2. The molecule has 1 aromatic carbocycles. The minimum Gasteiger partial charge on any atom is -0.478 e. The van der Waals surface area contributed by atoms with Gasteiger partial charge >= 0.3 is 12.0 Å². The Bertz CT molecular complexity index is 601. The Morgan fingerprint density at radius 1 is 1.35 bits per heavy atom. The molecule has 2 aromatic rings. The zero-order chi connectivity index (χ0) is 14.4. The first-order valence-corrected chi connectivity index (χ1v) is 6.66. The average Bonchev–Trinajstić information content (AvgIpc) is 2.92. The van der Waals surface area contributed by atoms with Crippen molar-refractivity contribution in [3.63, 3.8) is 0 Å². The van der Waals surface area contributed by atoms with Crippen LogP contribution in [0.3, 0.4) is 0 Å². The van der Waals surface area contributed by atoms with Gasteiger partial charge in [0.25, 0.3) is 0 Å². The van der Waals surface area contributed by atoms with Crippen molar-refractivity contribution in [2.75, 3.05) is 11.9 Å².